The van der Waals surface area contributed by atoms with Gasteiger partial charge in [0.25, 0.3) is 0 Å². The van der Waals surface area contributed by atoms with Crippen molar-refractivity contribution >= 4 is 5.91 Å². The normalized spacial score (nSPS) is 14.4. The summed E-state index contributed by atoms with van der Waals surface area (Å²) in [5, 5.41) is 21.5. The number of halogens is 4. The summed E-state index contributed by atoms with van der Waals surface area (Å²) >= 11 is 0. The molecule has 0 fully saturated rings. The lowest BCUT2D eigenvalue weighted by Gasteiger charge is -2.19. The van der Waals surface area contributed by atoms with Crippen LogP contribution in [0.4, 0.5) is 17.6 Å². The summed E-state index contributed by atoms with van der Waals surface area (Å²) in [5.74, 6) is -2.42. The van der Waals surface area contributed by atoms with Crippen LogP contribution in [0.25, 0.3) is 0 Å². The van der Waals surface area contributed by atoms with Crippen LogP contribution in [0, 0.1) is 5.82 Å². The van der Waals surface area contributed by atoms with E-state index in [-0.39, 0.29) is 6.54 Å². The SMILES string of the molecule is CC(=O)NCC(O)C(O)c1ccc(OC(F)(F)F)cc1F. The Bertz CT molecular complexity index is 507. The fraction of sp³-hybridized carbons (Fsp3) is 0.417. The molecule has 2 unspecified atom stereocenters. The van der Waals surface area contributed by atoms with Crippen molar-refractivity contribution < 1.29 is 37.3 Å². The molecule has 0 aliphatic rings. The van der Waals surface area contributed by atoms with Gasteiger partial charge in [-0.3, -0.25) is 4.79 Å². The molecular formula is C12H13F4NO4. The number of hydrogen-bond acceptors (Lipinski definition) is 4. The van der Waals surface area contributed by atoms with Crippen molar-refractivity contribution in [3.8, 4) is 5.75 Å². The van der Waals surface area contributed by atoms with Gasteiger partial charge in [0.1, 0.15) is 23.8 Å². The second-order valence-corrected chi connectivity index (χ2v) is 4.18. The van der Waals surface area contributed by atoms with Crippen molar-refractivity contribution in [2.75, 3.05) is 6.54 Å². The Hall–Kier alpha value is -1.87. The molecule has 1 amide bonds. The zero-order valence-electron chi connectivity index (χ0n) is 10.8. The first-order valence-corrected chi connectivity index (χ1v) is 5.76. The maximum Gasteiger partial charge on any atom is 0.573 e. The van der Waals surface area contributed by atoms with E-state index < -0.39 is 41.6 Å². The number of nitrogens with one attached hydrogen (secondary N) is 1. The summed E-state index contributed by atoms with van der Waals surface area (Å²) in [7, 11) is 0. The number of carbonyl (C=O) groups is 1. The van der Waals surface area contributed by atoms with E-state index in [0.717, 1.165) is 12.1 Å². The standard InChI is InChI=1S/C12H13F4NO4/c1-6(18)17-5-10(19)11(20)8-3-2-7(4-9(8)13)21-12(14,15)16/h2-4,10-11,19-20H,5H2,1H3,(H,17,18). The Labute approximate surface area is 117 Å². The second kappa shape index (κ2) is 6.72. The van der Waals surface area contributed by atoms with Gasteiger partial charge in [0, 0.05) is 25.1 Å². The number of benzene rings is 1. The van der Waals surface area contributed by atoms with Crippen LogP contribution in [0.15, 0.2) is 18.2 Å². The minimum Gasteiger partial charge on any atom is -0.406 e. The Balaban J connectivity index is 2.81. The van der Waals surface area contributed by atoms with Crippen LogP contribution in [0.1, 0.15) is 18.6 Å². The van der Waals surface area contributed by atoms with Gasteiger partial charge in [0.2, 0.25) is 5.91 Å². The molecule has 0 bridgehead atoms. The highest BCUT2D eigenvalue weighted by Crippen LogP contribution is 2.27. The van der Waals surface area contributed by atoms with E-state index in [9.17, 15) is 32.6 Å². The van der Waals surface area contributed by atoms with E-state index >= 15 is 0 Å². The molecule has 2 atom stereocenters. The van der Waals surface area contributed by atoms with Crippen molar-refractivity contribution in [1.29, 1.82) is 0 Å². The number of rotatable bonds is 5. The van der Waals surface area contributed by atoms with Crippen LogP contribution in [0.5, 0.6) is 5.75 Å². The van der Waals surface area contributed by atoms with Crippen molar-refractivity contribution in [1.82, 2.24) is 5.32 Å². The molecule has 0 radical (unpaired) electrons. The van der Waals surface area contributed by atoms with Crippen LogP contribution in [-0.2, 0) is 4.79 Å². The highest BCUT2D eigenvalue weighted by molar-refractivity contribution is 5.72. The molecule has 0 aromatic heterocycles. The lowest BCUT2D eigenvalue weighted by Crippen LogP contribution is -2.34. The summed E-state index contributed by atoms with van der Waals surface area (Å²) in [6.07, 6.45) is -8.19. The van der Waals surface area contributed by atoms with E-state index in [1.807, 2.05) is 0 Å². The van der Waals surface area contributed by atoms with Gasteiger partial charge in [0.15, 0.2) is 0 Å². The molecule has 0 saturated carbocycles. The number of aliphatic hydroxyl groups is 2. The van der Waals surface area contributed by atoms with E-state index in [4.69, 9.17) is 0 Å². The molecule has 1 rings (SSSR count). The Kier molecular flexibility index (Phi) is 5.50. The van der Waals surface area contributed by atoms with E-state index in [1.54, 1.807) is 0 Å². The molecule has 1 aromatic rings. The Morgan fingerprint density at radius 3 is 2.48 bits per heavy atom. The minimum atomic E-state index is -4.96. The van der Waals surface area contributed by atoms with Gasteiger partial charge >= 0.3 is 6.36 Å². The van der Waals surface area contributed by atoms with E-state index in [2.05, 4.69) is 10.1 Å². The summed E-state index contributed by atoms with van der Waals surface area (Å²) in [4.78, 5) is 10.7. The van der Waals surface area contributed by atoms with E-state index in [1.165, 1.54) is 6.92 Å². The molecule has 1 aromatic carbocycles. The van der Waals surface area contributed by atoms with Crippen molar-refractivity contribution in [2.45, 2.75) is 25.5 Å². The maximum absolute atomic E-state index is 13.6. The zero-order chi connectivity index (χ0) is 16.2. The highest BCUT2D eigenvalue weighted by Gasteiger charge is 2.31. The molecule has 21 heavy (non-hydrogen) atoms. The van der Waals surface area contributed by atoms with Crippen LogP contribution in [0.2, 0.25) is 0 Å². The molecule has 0 aliphatic heterocycles. The van der Waals surface area contributed by atoms with Gasteiger partial charge in [-0.05, 0) is 12.1 Å². The van der Waals surface area contributed by atoms with Gasteiger partial charge in [-0.2, -0.15) is 0 Å². The molecule has 5 nitrogen and oxygen atoms in total. The number of carbonyl (C=O) groups excluding carboxylic acids is 1. The van der Waals surface area contributed by atoms with Crippen molar-refractivity contribution in [3.05, 3.63) is 29.6 Å². The van der Waals surface area contributed by atoms with Crippen LogP contribution in [-0.4, -0.2) is 35.1 Å². The Morgan fingerprint density at radius 1 is 1.38 bits per heavy atom. The largest absolute Gasteiger partial charge is 0.573 e. The third-order valence-electron chi connectivity index (χ3n) is 2.45. The quantitative estimate of drug-likeness (QED) is 0.715. The third-order valence-corrected chi connectivity index (χ3v) is 2.45. The zero-order valence-corrected chi connectivity index (χ0v) is 10.8. The highest BCUT2D eigenvalue weighted by atomic mass is 19.4. The first-order valence-electron chi connectivity index (χ1n) is 5.76. The molecule has 0 saturated heterocycles. The summed E-state index contributed by atoms with van der Waals surface area (Å²) in [5.41, 5.74) is -0.414. The molecule has 118 valence electrons. The molecule has 9 heteroatoms. The third kappa shape index (κ3) is 5.56. The minimum absolute atomic E-state index is 0.337. The smallest absolute Gasteiger partial charge is 0.406 e. The topological polar surface area (TPSA) is 78.8 Å². The molecule has 0 aliphatic carbocycles. The van der Waals surface area contributed by atoms with Crippen LogP contribution < -0.4 is 10.1 Å². The first-order chi connectivity index (χ1) is 9.60. The summed E-state index contributed by atoms with van der Waals surface area (Å²) in [6.45, 7) is 0.847. The summed E-state index contributed by atoms with van der Waals surface area (Å²) in [6, 6.07) is 2.11. The van der Waals surface area contributed by atoms with E-state index in [0.29, 0.717) is 6.07 Å². The first kappa shape index (κ1) is 17.2. The fourth-order valence-corrected chi connectivity index (χ4v) is 1.51. The lowest BCUT2D eigenvalue weighted by atomic mass is 10.0. The van der Waals surface area contributed by atoms with Gasteiger partial charge in [-0.1, -0.05) is 0 Å². The molecular weight excluding hydrogens is 298 g/mol. The molecule has 0 spiro atoms. The number of ether oxygens (including phenoxy) is 1. The van der Waals surface area contributed by atoms with Crippen molar-refractivity contribution in [2.24, 2.45) is 0 Å². The van der Waals surface area contributed by atoms with Gasteiger partial charge < -0.3 is 20.3 Å². The van der Waals surface area contributed by atoms with Gasteiger partial charge in [-0.15, -0.1) is 13.2 Å². The Morgan fingerprint density at radius 2 is 2.00 bits per heavy atom. The second-order valence-electron chi connectivity index (χ2n) is 4.18. The monoisotopic (exact) mass is 311 g/mol. The lowest BCUT2D eigenvalue weighted by molar-refractivity contribution is -0.274. The predicted octanol–water partition coefficient (Wildman–Crippen LogP) is 1.25. The van der Waals surface area contributed by atoms with Gasteiger partial charge in [0.05, 0.1) is 0 Å². The summed E-state index contributed by atoms with van der Waals surface area (Å²) < 4.78 is 53.0. The van der Waals surface area contributed by atoms with Gasteiger partial charge in [-0.25, -0.2) is 4.39 Å². The average molecular weight is 311 g/mol. The van der Waals surface area contributed by atoms with Crippen molar-refractivity contribution in [3.63, 3.8) is 0 Å². The van der Waals surface area contributed by atoms with Crippen LogP contribution >= 0.6 is 0 Å². The number of aliphatic hydroxyl groups excluding tert-OH is 2. The number of hydrogen-bond donors (Lipinski definition) is 3. The molecule has 3 N–H and O–H groups in total. The fourth-order valence-electron chi connectivity index (χ4n) is 1.51. The number of amides is 1. The van der Waals surface area contributed by atoms with Crippen LogP contribution in [0.3, 0.4) is 0 Å². The number of alkyl halides is 3. The average Bonchev–Trinajstić information content (AvgIpc) is 2.33. The predicted molar refractivity (Wildman–Crippen MR) is 62.7 cm³/mol. The molecule has 0 heterocycles. The maximum atomic E-state index is 13.6.